The second kappa shape index (κ2) is 9.32. The first-order chi connectivity index (χ1) is 5.85. The molecule has 0 spiro atoms. The summed E-state index contributed by atoms with van der Waals surface area (Å²) in [6.45, 7) is 2.68. The molecule has 4 heteroatoms. The molecule has 3 nitrogen and oxygen atoms in total. The van der Waals surface area contributed by atoms with Gasteiger partial charge < -0.3 is 10.2 Å². The Morgan fingerprint density at radius 1 is 1.08 bits per heavy atom. The fraction of sp³-hybridized carbons (Fsp3) is 1.00. The van der Waals surface area contributed by atoms with Gasteiger partial charge in [0, 0.05) is 13.1 Å². The highest BCUT2D eigenvalue weighted by Gasteiger charge is 2.01. The summed E-state index contributed by atoms with van der Waals surface area (Å²) >= 11 is 1.83. The highest BCUT2D eigenvalue weighted by Crippen LogP contribution is 1.97. The van der Waals surface area contributed by atoms with Crippen molar-refractivity contribution < 1.29 is 10.2 Å². The van der Waals surface area contributed by atoms with Crippen molar-refractivity contribution in [2.75, 3.05) is 44.9 Å². The summed E-state index contributed by atoms with van der Waals surface area (Å²) in [5, 5.41) is 17.4. The molecule has 74 valence electrons. The number of nitrogens with zero attached hydrogens (tertiary/aromatic N) is 1. The van der Waals surface area contributed by atoms with E-state index in [0.29, 0.717) is 13.1 Å². The van der Waals surface area contributed by atoms with Crippen LogP contribution in [0.3, 0.4) is 0 Å². The van der Waals surface area contributed by atoms with Gasteiger partial charge >= 0.3 is 0 Å². The first-order valence-electron chi connectivity index (χ1n) is 4.28. The monoisotopic (exact) mass is 193 g/mol. The second-order valence-electron chi connectivity index (χ2n) is 2.64. The van der Waals surface area contributed by atoms with Crippen LogP contribution in [0, 0.1) is 0 Å². The maximum absolute atomic E-state index is 8.69. The quantitative estimate of drug-likeness (QED) is 0.534. The van der Waals surface area contributed by atoms with Crippen molar-refractivity contribution in [1.82, 2.24) is 4.90 Å². The van der Waals surface area contributed by atoms with Crippen LogP contribution in [-0.2, 0) is 0 Å². The minimum atomic E-state index is 0.180. The van der Waals surface area contributed by atoms with Gasteiger partial charge in [-0.2, -0.15) is 11.8 Å². The van der Waals surface area contributed by atoms with E-state index in [1.54, 1.807) is 0 Å². The average Bonchev–Trinajstić information content (AvgIpc) is 2.06. The molecule has 12 heavy (non-hydrogen) atoms. The standard InChI is InChI=1S/C8H19NO2S/c1-12-8-2-3-9(4-6-10)5-7-11/h10-11H,2-8H2,1H3. The molecule has 0 aromatic carbocycles. The molecule has 0 fully saturated rings. The summed E-state index contributed by atoms with van der Waals surface area (Å²) in [5.41, 5.74) is 0. The molecular formula is C8H19NO2S. The van der Waals surface area contributed by atoms with E-state index in [9.17, 15) is 0 Å². The minimum absolute atomic E-state index is 0.180. The molecule has 0 radical (unpaired) electrons. The lowest BCUT2D eigenvalue weighted by Gasteiger charge is -2.19. The van der Waals surface area contributed by atoms with Crippen LogP contribution in [0.5, 0.6) is 0 Å². The van der Waals surface area contributed by atoms with E-state index in [0.717, 1.165) is 18.7 Å². The third-order valence-electron chi connectivity index (χ3n) is 1.66. The van der Waals surface area contributed by atoms with Gasteiger partial charge in [-0.15, -0.1) is 0 Å². The molecule has 0 aromatic heterocycles. The van der Waals surface area contributed by atoms with E-state index >= 15 is 0 Å². The van der Waals surface area contributed by atoms with E-state index in [1.807, 2.05) is 11.8 Å². The second-order valence-corrected chi connectivity index (χ2v) is 3.62. The predicted octanol–water partition coefficient (Wildman–Crippen LogP) is 0.0261. The van der Waals surface area contributed by atoms with Gasteiger partial charge in [-0.1, -0.05) is 0 Å². The summed E-state index contributed by atoms with van der Waals surface area (Å²) in [6.07, 6.45) is 3.21. The molecule has 0 bridgehead atoms. The molecule has 2 N–H and O–H groups in total. The molecule has 0 aromatic rings. The number of hydrogen-bond donors (Lipinski definition) is 2. The molecule has 0 heterocycles. The number of aliphatic hydroxyl groups is 2. The van der Waals surface area contributed by atoms with Crippen molar-refractivity contribution in [2.24, 2.45) is 0 Å². The Bertz CT molecular complexity index is 87.1. The smallest absolute Gasteiger partial charge is 0.0558 e. The summed E-state index contributed by atoms with van der Waals surface area (Å²) in [4.78, 5) is 2.08. The van der Waals surface area contributed by atoms with Crippen LogP contribution in [0.2, 0.25) is 0 Å². The van der Waals surface area contributed by atoms with Crippen molar-refractivity contribution in [3.8, 4) is 0 Å². The largest absolute Gasteiger partial charge is 0.395 e. The average molecular weight is 193 g/mol. The summed E-state index contributed by atoms with van der Waals surface area (Å²) in [6, 6.07) is 0. The first kappa shape index (κ1) is 12.2. The zero-order valence-electron chi connectivity index (χ0n) is 7.70. The zero-order chi connectivity index (χ0) is 9.23. The first-order valence-corrected chi connectivity index (χ1v) is 5.67. The topological polar surface area (TPSA) is 43.7 Å². The molecule has 0 unspecified atom stereocenters. The molecule has 0 aliphatic heterocycles. The van der Waals surface area contributed by atoms with Crippen LogP contribution >= 0.6 is 11.8 Å². The SMILES string of the molecule is CSCCCN(CCO)CCO. The lowest BCUT2D eigenvalue weighted by atomic mass is 10.4. The Morgan fingerprint density at radius 2 is 1.67 bits per heavy atom. The number of rotatable bonds is 8. The molecule has 0 saturated heterocycles. The highest BCUT2D eigenvalue weighted by atomic mass is 32.2. The van der Waals surface area contributed by atoms with Gasteiger partial charge in [0.05, 0.1) is 13.2 Å². The van der Waals surface area contributed by atoms with Crippen LogP contribution in [0.1, 0.15) is 6.42 Å². The van der Waals surface area contributed by atoms with Crippen LogP contribution in [0.4, 0.5) is 0 Å². The van der Waals surface area contributed by atoms with Gasteiger partial charge in [-0.3, -0.25) is 4.90 Å². The fourth-order valence-corrected chi connectivity index (χ4v) is 1.47. The van der Waals surface area contributed by atoms with E-state index < -0.39 is 0 Å². The molecular weight excluding hydrogens is 174 g/mol. The van der Waals surface area contributed by atoms with Gasteiger partial charge in [0.1, 0.15) is 0 Å². The maximum Gasteiger partial charge on any atom is 0.0558 e. The van der Waals surface area contributed by atoms with Gasteiger partial charge in [0.25, 0.3) is 0 Å². The minimum Gasteiger partial charge on any atom is -0.395 e. The third kappa shape index (κ3) is 6.91. The van der Waals surface area contributed by atoms with E-state index in [1.165, 1.54) is 0 Å². The van der Waals surface area contributed by atoms with Crippen LogP contribution < -0.4 is 0 Å². The number of aliphatic hydroxyl groups excluding tert-OH is 2. The van der Waals surface area contributed by atoms with E-state index in [4.69, 9.17) is 10.2 Å². The molecule has 0 rings (SSSR count). The number of thioether (sulfide) groups is 1. The molecule has 0 aliphatic rings. The van der Waals surface area contributed by atoms with Gasteiger partial charge in [-0.05, 0) is 25.0 Å². The summed E-state index contributed by atoms with van der Waals surface area (Å²) < 4.78 is 0. The van der Waals surface area contributed by atoms with Gasteiger partial charge in [0.15, 0.2) is 0 Å². The highest BCUT2D eigenvalue weighted by molar-refractivity contribution is 7.98. The Hall–Kier alpha value is 0.230. The van der Waals surface area contributed by atoms with Gasteiger partial charge in [0.2, 0.25) is 0 Å². The Labute approximate surface area is 78.8 Å². The van der Waals surface area contributed by atoms with E-state index in [2.05, 4.69) is 11.2 Å². The van der Waals surface area contributed by atoms with Crippen LogP contribution in [0.15, 0.2) is 0 Å². The maximum atomic E-state index is 8.69. The van der Waals surface area contributed by atoms with Crippen molar-refractivity contribution in [2.45, 2.75) is 6.42 Å². The van der Waals surface area contributed by atoms with E-state index in [-0.39, 0.29) is 13.2 Å². The molecule has 0 saturated carbocycles. The summed E-state index contributed by atoms with van der Waals surface area (Å²) in [7, 11) is 0. The lowest BCUT2D eigenvalue weighted by Crippen LogP contribution is -2.31. The fourth-order valence-electron chi connectivity index (χ4n) is 1.05. The molecule has 0 amide bonds. The summed E-state index contributed by atoms with van der Waals surface area (Å²) in [5.74, 6) is 1.15. The van der Waals surface area contributed by atoms with Crippen molar-refractivity contribution in [3.63, 3.8) is 0 Å². The van der Waals surface area contributed by atoms with Crippen molar-refractivity contribution in [1.29, 1.82) is 0 Å². The lowest BCUT2D eigenvalue weighted by molar-refractivity contribution is 0.161. The van der Waals surface area contributed by atoms with Crippen molar-refractivity contribution in [3.05, 3.63) is 0 Å². The Kier molecular flexibility index (Phi) is 9.50. The van der Waals surface area contributed by atoms with Crippen molar-refractivity contribution >= 4 is 11.8 Å². The third-order valence-corrected chi connectivity index (χ3v) is 2.35. The number of hydrogen-bond acceptors (Lipinski definition) is 4. The van der Waals surface area contributed by atoms with Crippen LogP contribution in [0.25, 0.3) is 0 Å². The van der Waals surface area contributed by atoms with Gasteiger partial charge in [-0.25, -0.2) is 0 Å². The Morgan fingerprint density at radius 3 is 2.08 bits per heavy atom. The van der Waals surface area contributed by atoms with Crippen LogP contribution in [-0.4, -0.2) is 60.0 Å². The zero-order valence-corrected chi connectivity index (χ0v) is 8.52. The predicted molar refractivity (Wildman–Crippen MR) is 53.6 cm³/mol. The molecule has 0 aliphatic carbocycles. The Balaban J connectivity index is 3.34. The molecule has 0 atom stereocenters. The normalized spacial score (nSPS) is 11.0.